The van der Waals surface area contributed by atoms with E-state index in [-0.39, 0.29) is 0 Å². The van der Waals surface area contributed by atoms with E-state index in [9.17, 15) is 0 Å². The van der Waals surface area contributed by atoms with Crippen molar-refractivity contribution in [3.63, 3.8) is 0 Å². The second kappa shape index (κ2) is 13.1. The Balaban J connectivity index is 1.06. The Morgan fingerprint density at radius 3 is 1.75 bits per heavy atom. The first-order valence-electron chi connectivity index (χ1n) is 20.4. The summed E-state index contributed by atoms with van der Waals surface area (Å²) < 4.78 is 15.5. The minimum Gasteiger partial charge on any atom is -0.456 e. The second-order valence-electron chi connectivity index (χ2n) is 15.6. The van der Waals surface area contributed by atoms with Crippen LogP contribution >= 0.6 is 0 Å². The van der Waals surface area contributed by atoms with Crippen LogP contribution < -0.4 is 0 Å². The number of furan rings is 2. The molecule has 284 valence electrons. The van der Waals surface area contributed by atoms with Gasteiger partial charge in [-0.2, -0.15) is 0 Å². The summed E-state index contributed by atoms with van der Waals surface area (Å²) in [5, 5.41) is 8.75. The number of fused-ring (bicyclic) bond motifs is 10. The van der Waals surface area contributed by atoms with E-state index >= 15 is 0 Å². The molecule has 4 aromatic heterocycles. The highest BCUT2D eigenvalue weighted by molar-refractivity contribution is 6.18. The summed E-state index contributed by atoms with van der Waals surface area (Å²) in [5.41, 5.74) is 11.3. The Hall–Kier alpha value is -8.35. The van der Waals surface area contributed by atoms with Gasteiger partial charge in [0, 0.05) is 49.0 Å². The van der Waals surface area contributed by atoms with Gasteiger partial charge in [-0.1, -0.05) is 133 Å². The molecule has 6 nitrogen and oxygen atoms in total. The fourth-order valence-corrected chi connectivity index (χ4v) is 9.15. The number of para-hydroxylation sites is 3. The van der Waals surface area contributed by atoms with Crippen molar-refractivity contribution in [1.29, 1.82) is 0 Å². The molecule has 0 aliphatic carbocycles. The smallest absolute Gasteiger partial charge is 0.164 e. The summed E-state index contributed by atoms with van der Waals surface area (Å²) in [7, 11) is 0. The summed E-state index contributed by atoms with van der Waals surface area (Å²) in [5.74, 6) is 1.70. The molecule has 61 heavy (non-hydrogen) atoms. The minimum atomic E-state index is 0.556. The van der Waals surface area contributed by atoms with Gasteiger partial charge in [-0.05, 0) is 82.6 Å². The molecule has 4 heterocycles. The first kappa shape index (κ1) is 33.6. The molecular formula is C55H32N4O2. The molecule has 0 spiro atoms. The van der Waals surface area contributed by atoms with Crippen LogP contribution in [0.5, 0.6) is 0 Å². The molecule has 0 unspecified atom stereocenters. The maximum Gasteiger partial charge on any atom is 0.164 e. The van der Waals surface area contributed by atoms with Crippen molar-refractivity contribution in [3.8, 4) is 51.0 Å². The lowest BCUT2D eigenvalue weighted by Gasteiger charge is -2.13. The van der Waals surface area contributed by atoms with Crippen LogP contribution in [-0.2, 0) is 0 Å². The van der Waals surface area contributed by atoms with E-state index in [1.807, 2.05) is 48.5 Å². The van der Waals surface area contributed by atoms with Crippen molar-refractivity contribution in [3.05, 3.63) is 194 Å². The lowest BCUT2D eigenvalue weighted by molar-refractivity contribution is 0.666. The van der Waals surface area contributed by atoms with Crippen LogP contribution in [0.3, 0.4) is 0 Å². The Morgan fingerprint density at radius 2 is 0.934 bits per heavy atom. The number of aromatic nitrogens is 4. The van der Waals surface area contributed by atoms with Gasteiger partial charge in [0.15, 0.2) is 23.1 Å². The Morgan fingerprint density at radius 1 is 0.344 bits per heavy atom. The molecule has 0 amide bonds. The summed E-state index contributed by atoms with van der Waals surface area (Å²) in [6, 6.07) is 67.4. The molecule has 0 radical (unpaired) electrons. The molecule has 0 aliphatic rings. The Labute approximate surface area is 348 Å². The summed E-state index contributed by atoms with van der Waals surface area (Å²) in [6.45, 7) is 0. The topological polar surface area (TPSA) is 69.9 Å². The summed E-state index contributed by atoms with van der Waals surface area (Å²) in [4.78, 5) is 15.7. The normalized spacial score (nSPS) is 11.9. The third kappa shape index (κ3) is 5.26. The van der Waals surface area contributed by atoms with Crippen molar-refractivity contribution in [2.24, 2.45) is 0 Å². The Bertz CT molecular complexity index is 3880. The quantitative estimate of drug-likeness (QED) is 0.174. The average molecular weight is 781 g/mol. The van der Waals surface area contributed by atoms with E-state index in [1.165, 1.54) is 21.5 Å². The summed E-state index contributed by atoms with van der Waals surface area (Å²) in [6.07, 6.45) is 0. The van der Waals surface area contributed by atoms with Crippen LogP contribution in [0.2, 0.25) is 0 Å². The maximum atomic E-state index is 6.92. The zero-order chi connectivity index (χ0) is 40.0. The highest BCUT2D eigenvalue weighted by atomic mass is 16.3. The van der Waals surface area contributed by atoms with Gasteiger partial charge >= 0.3 is 0 Å². The molecule has 0 saturated carbocycles. The van der Waals surface area contributed by atoms with E-state index in [1.54, 1.807) is 0 Å². The second-order valence-corrected chi connectivity index (χ2v) is 15.6. The van der Waals surface area contributed by atoms with Gasteiger partial charge in [0.1, 0.15) is 16.7 Å². The van der Waals surface area contributed by atoms with Gasteiger partial charge in [-0.3, -0.25) is 0 Å². The fourth-order valence-electron chi connectivity index (χ4n) is 9.15. The van der Waals surface area contributed by atoms with Crippen LogP contribution in [-0.4, -0.2) is 19.5 Å². The lowest BCUT2D eigenvalue weighted by Crippen LogP contribution is -2.01. The zero-order valence-corrected chi connectivity index (χ0v) is 32.6. The Kier molecular flexibility index (Phi) is 7.21. The van der Waals surface area contributed by atoms with Gasteiger partial charge in [0.05, 0.1) is 16.7 Å². The standard InChI is InChI=1S/C55H32N4O2/c1-2-12-33(13-3-1)34-22-24-35(25-23-34)53-56-54(38-26-29-50-44(31-38)40-17-7-10-20-48(40)60-50)58-55(57-53)42-27-28-46(52-51(42)41-18-8-11-21-49(41)61-52)59-45-19-9-6-16-39(45)43-30-36-14-4-5-15-37(36)32-47(43)59/h1-32H. The third-order valence-corrected chi connectivity index (χ3v) is 12.0. The van der Waals surface area contributed by atoms with Crippen LogP contribution in [0, 0.1) is 0 Å². The maximum absolute atomic E-state index is 6.92. The lowest BCUT2D eigenvalue weighted by atomic mass is 10.0. The van der Waals surface area contributed by atoms with Crippen LogP contribution in [0.1, 0.15) is 0 Å². The molecule has 0 bridgehead atoms. The number of hydrogen-bond donors (Lipinski definition) is 0. The molecule has 9 aromatic carbocycles. The highest BCUT2D eigenvalue weighted by Gasteiger charge is 2.23. The van der Waals surface area contributed by atoms with Gasteiger partial charge < -0.3 is 13.4 Å². The van der Waals surface area contributed by atoms with Crippen molar-refractivity contribution in [2.75, 3.05) is 0 Å². The molecule has 13 aromatic rings. The van der Waals surface area contributed by atoms with E-state index in [0.29, 0.717) is 17.5 Å². The molecule has 13 rings (SSSR count). The van der Waals surface area contributed by atoms with Gasteiger partial charge in [-0.25, -0.2) is 15.0 Å². The van der Waals surface area contributed by atoms with Gasteiger partial charge in [-0.15, -0.1) is 0 Å². The van der Waals surface area contributed by atoms with Crippen molar-refractivity contribution >= 4 is 76.5 Å². The average Bonchev–Trinajstić information content (AvgIpc) is 4.00. The van der Waals surface area contributed by atoms with Crippen molar-refractivity contribution in [2.45, 2.75) is 0 Å². The number of nitrogens with zero attached hydrogens (tertiary/aromatic N) is 4. The van der Waals surface area contributed by atoms with Gasteiger partial charge in [0.25, 0.3) is 0 Å². The number of hydrogen-bond acceptors (Lipinski definition) is 5. The molecule has 0 fully saturated rings. The van der Waals surface area contributed by atoms with Crippen molar-refractivity contribution in [1.82, 2.24) is 19.5 Å². The minimum absolute atomic E-state index is 0.556. The molecule has 0 atom stereocenters. The van der Waals surface area contributed by atoms with Crippen LogP contribution in [0.15, 0.2) is 203 Å². The molecule has 0 N–H and O–H groups in total. The van der Waals surface area contributed by atoms with E-state index < -0.39 is 0 Å². The predicted molar refractivity (Wildman–Crippen MR) is 248 cm³/mol. The third-order valence-electron chi connectivity index (χ3n) is 12.0. The fraction of sp³-hybridized carbons (Fsp3) is 0. The summed E-state index contributed by atoms with van der Waals surface area (Å²) >= 11 is 0. The van der Waals surface area contributed by atoms with Gasteiger partial charge in [0.2, 0.25) is 0 Å². The molecule has 0 aliphatic heterocycles. The highest BCUT2D eigenvalue weighted by Crippen LogP contribution is 2.43. The number of benzene rings is 9. The zero-order valence-electron chi connectivity index (χ0n) is 32.6. The van der Waals surface area contributed by atoms with E-state index in [2.05, 4.69) is 150 Å². The largest absolute Gasteiger partial charge is 0.456 e. The van der Waals surface area contributed by atoms with E-state index in [4.69, 9.17) is 23.8 Å². The SMILES string of the molecule is c1ccc(-c2ccc(-c3nc(-c4ccc5oc6ccccc6c5c4)nc(-c4ccc(-n5c6ccccc6c6cc7ccccc7cc65)c5oc6ccccc6c45)n3)cc2)cc1. The monoisotopic (exact) mass is 780 g/mol. The van der Waals surface area contributed by atoms with E-state index in [0.717, 1.165) is 88.4 Å². The van der Waals surface area contributed by atoms with Crippen molar-refractivity contribution < 1.29 is 8.83 Å². The molecule has 6 heteroatoms. The first-order chi connectivity index (χ1) is 30.2. The first-order valence-corrected chi connectivity index (χ1v) is 20.4. The number of rotatable bonds is 5. The van der Waals surface area contributed by atoms with Crippen LogP contribution in [0.4, 0.5) is 0 Å². The molecule has 0 saturated heterocycles. The predicted octanol–water partition coefficient (Wildman–Crippen LogP) is 14.6. The van der Waals surface area contributed by atoms with Crippen LogP contribution in [0.25, 0.3) is 127 Å². The molecular weight excluding hydrogens is 749 g/mol.